The number of amides is 1. The van der Waals surface area contributed by atoms with Crippen molar-refractivity contribution < 1.29 is 39.8 Å². The molecule has 7 unspecified atom stereocenters. The number of carbonyl (C=O) groups excluding carboxylic acids is 1. The van der Waals surface area contributed by atoms with Gasteiger partial charge in [0.05, 0.1) is 25.4 Å². The Hall–Kier alpha value is -3.41. The number of allylic oxidation sites excluding steroid dienone is 20. The van der Waals surface area contributed by atoms with E-state index < -0.39 is 49.5 Å². The minimum atomic E-state index is -1.56. The van der Waals surface area contributed by atoms with E-state index in [0.29, 0.717) is 12.8 Å². The fraction of sp³-hybridized carbons (Fsp3) is 0.611. The average molecular weight is 878 g/mol. The van der Waals surface area contributed by atoms with Gasteiger partial charge >= 0.3 is 0 Å². The van der Waals surface area contributed by atoms with E-state index in [1.54, 1.807) is 0 Å². The van der Waals surface area contributed by atoms with E-state index in [4.69, 9.17) is 9.47 Å². The van der Waals surface area contributed by atoms with Crippen molar-refractivity contribution in [3.05, 3.63) is 122 Å². The first-order chi connectivity index (χ1) is 30.8. The van der Waals surface area contributed by atoms with Crippen LogP contribution in [0.2, 0.25) is 0 Å². The van der Waals surface area contributed by atoms with Gasteiger partial charge in [0.1, 0.15) is 24.4 Å². The minimum absolute atomic E-state index is 0.157. The second-order valence-electron chi connectivity index (χ2n) is 16.2. The number of aliphatic hydroxyl groups is 5. The van der Waals surface area contributed by atoms with E-state index in [1.165, 1.54) is 0 Å². The first-order valence-electron chi connectivity index (χ1n) is 24.2. The summed E-state index contributed by atoms with van der Waals surface area (Å²) in [6.45, 7) is 3.51. The van der Waals surface area contributed by atoms with Gasteiger partial charge in [-0.3, -0.25) is 4.79 Å². The van der Waals surface area contributed by atoms with Gasteiger partial charge in [-0.25, -0.2) is 0 Å². The van der Waals surface area contributed by atoms with Gasteiger partial charge in [-0.15, -0.1) is 0 Å². The van der Waals surface area contributed by atoms with Crippen molar-refractivity contribution in [2.75, 3.05) is 13.2 Å². The standard InChI is InChI=1S/C54H87NO8/c1-3-5-7-8-9-10-11-12-13-14-15-16-17-18-19-20-21-22-23-24-25-26-27-28-29-30-31-32-33-34-35-36-37-38-39-40-42-44-50(58)55-47(48(57)43-41-6-4-2)46-62-54-53(61)52(60)51(59)49(45-56)63-54/h5,7,9-10,12-13,15-16,18-19,21-22,24-25,27-28,30-31,33-34,47-49,51-54,56-57,59-61H,3-4,6,8,11,14,17,20,23,26,29,32,35-46H2,1-2H3,(H,55,58)/b7-5-,10-9-,13-12-,16-15-,19-18-,22-21-,25-24-,28-27-,31-30-,34-33-. The summed E-state index contributed by atoms with van der Waals surface area (Å²) in [5, 5.41) is 53.6. The zero-order chi connectivity index (χ0) is 45.9. The first-order valence-corrected chi connectivity index (χ1v) is 24.2. The molecule has 63 heavy (non-hydrogen) atoms. The van der Waals surface area contributed by atoms with E-state index in [1.807, 2.05) is 0 Å². The van der Waals surface area contributed by atoms with E-state index in [2.05, 4.69) is 141 Å². The van der Waals surface area contributed by atoms with Crippen molar-refractivity contribution in [2.24, 2.45) is 0 Å². The lowest BCUT2D eigenvalue weighted by atomic mass is 9.99. The lowest BCUT2D eigenvalue weighted by molar-refractivity contribution is -0.302. The molecular formula is C54H87NO8. The van der Waals surface area contributed by atoms with Crippen molar-refractivity contribution in [1.29, 1.82) is 0 Å². The van der Waals surface area contributed by atoms with Crippen LogP contribution >= 0.6 is 0 Å². The quantitative estimate of drug-likeness (QED) is 0.0265. The molecule has 1 saturated heterocycles. The molecule has 1 amide bonds. The molecule has 0 aromatic carbocycles. The normalized spacial score (nSPS) is 21.3. The van der Waals surface area contributed by atoms with Crippen LogP contribution in [-0.4, -0.2) is 87.5 Å². The molecule has 9 nitrogen and oxygen atoms in total. The molecule has 1 aliphatic rings. The number of hydrogen-bond acceptors (Lipinski definition) is 8. The Morgan fingerprint density at radius 2 is 0.984 bits per heavy atom. The number of carbonyl (C=O) groups is 1. The molecular weight excluding hydrogens is 791 g/mol. The fourth-order valence-electron chi connectivity index (χ4n) is 6.71. The molecule has 9 heteroatoms. The number of rotatable bonds is 38. The number of hydrogen-bond donors (Lipinski definition) is 6. The highest BCUT2D eigenvalue weighted by Gasteiger charge is 2.44. The molecule has 1 rings (SSSR count). The topological polar surface area (TPSA) is 149 Å². The van der Waals surface area contributed by atoms with Crippen molar-refractivity contribution >= 4 is 5.91 Å². The summed E-state index contributed by atoms with van der Waals surface area (Å²) in [4.78, 5) is 12.8. The van der Waals surface area contributed by atoms with Gasteiger partial charge in [0.2, 0.25) is 5.91 Å². The first kappa shape index (κ1) is 57.6. The van der Waals surface area contributed by atoms with Crippen LogP contribution in [0.3, 0.4) is 0 Å². The third-order valence-electron chi connectivity index (χ3n) is 10.6. The largest absolute Gasteiger partial charge is 0.394 e. The maximum absolute atomic E-state index is 12.8. The zero-order valence-electron chi connectivity index (χ0n) is 39.0. The molecule has 1 heterocycles. The van der Waals surface area contributed by atoms with Crippen LogP contribution in [-0.2, 0) is 14.3 Å². The number of nitrogens with one attached hydrogen (secondary N) is 1. The molecule has 0 aromatic rings. The van der Waals surface area contributed by atoms with E-state index in [-0.39, 0.29) is 12.5 Å². The van der Waals surface area contributed by atoms with Crippen LogP contribution in [0.15, 0.2) is 122 Å². The molecule has 6 N–H and O–H groups in total. The van der Waals surface area contributed by atoms with Gasteiger partial charge in [-0.05, 0) is 89.9 Å². The zero-order valence-corrected chi connectivity index (χ0v) is 39.0. The summed E-state index contributed by atoms with van der Waals surface area (Å²) in [5.74, 6) is -0.178. The third-order valence-corrected chi connectivity index (χ3v) is 10.6. The summed E-state index contributed by atoms with van der Waals surface area (Å²) in [6.07, 6.45) is 57.5. The lowest BCUT2D eigenvalue weighted by Gasteiger charge is -2.40. The number of aliphatic hydroxyl groups excluding tert-OH is 5. The van der Waals surface area contributed by atoms with Crippen molar-refractivity contribution in [3.63, 3.8) is 0 Å². The lowest BCUT2D eigenvalue weighted by Crippen LogP contribution is -2.60. The van der Waals surface area contributed by atoms with Crippen LogP contribution in [0, 0.1) is 0 Å². The molecule has 356 valence electrons. The SMILES string of the molecule is CC/C=C\C/C=C\C/C=C\C/C=C\C/C=C\C/C=C\C/C=C\C/C=C\C/C=C\C/C=C\CCCCCCCCC(=O)NC(COC1OC(CO)C(O)C(O)C1O)C(O)CCCCC. The predicted octanol–water partition coefficient (Wildman–Crippen LogP) is 10.8. The third kappa shape index (κ3) is 32.8. The molecule has 0 aliphatic carbocycles. The molecule has 0 saturated carbocycles. The Balaban J connectivity index is 2.07. The second kappa shape index (κ2) is 42.5. The summed E-state index contributed by atoms with van der Waals surface area (Å²) in [5.41, 5.74) is 0. The highest BCUT2D eigenvalue weighted by atomic mass is 16.7. The average Bonchev–Trinajstić information content (AvgIpc) is 3.28. The predicted molar refractivity (Wildman–Crippen MR) is 262 cm³/mol. The van der Waals surface area contributed by atoms with Gasteiger partial charge in [0.25, 0.3) is 0 Å². The molecule has 0 bridgehead atoms. The van der Waals surface area contributed by atoms with Crippen LogP contribution in [0.5, 0.6) is 0 Å². The molecule has 0 radical (unpaired) electrons. The second-order valence-corrected chi connectivity index (χ2v) is 16.2. The number of ether oxygens (including phenoxy) is 2. The summed E-state index contributed by atoms with van der Waals surface area (Å²) in [7, 11) is 0. The smallest absolute Gasteiger partial charge is 0.220 e. The molecule has 0 spiro atoms. The summed E-state index contributed by atoms with van der Waals surface area (Å²) >= 11 is 0. The highest BCUT2D eigenvalue weighted by Crippen LogP contribution is 2.23. The van der Waals surface area contributed by atoms with Crippen LogP contribution < -0.4 is 5.32 Å². The Bertz CT molecular complexity index is 1390. The fourth-order valence-corrected chi connectivity index (χ4v) is 6.71. The summed E-state index contributed by atoms with van der Waals surface area (Å²) in [6, 6.07) is -0.731. The van der Waals surface area contributed by atoms with Gasteiger partial charge in [0.15, 0.2) is 6.29 Å². The van der Waals surface area contributed by atoms with E-state index in [9.17, 15) is 30.3 Å². The Kier molecular flexibility index (Phi) is 38.9. The molecule has 1 aliphatic heterocycles. The molecule has 7 atom stereocenters. The van der Waals surface area contributed by atoms with Crippen LogP contribution in [0.25, 0.3) is 0 Å². The van der Waals surface area contributed by atoms with Crippen molar-refractivity contribution in [3.8, 4) is 0 Å². The maximum atomic E-state index is 12.8. The van der Waals surface area contributed by atoms with E-state index >= 15 is 0 Å². The van der Waals surface area contributed by atoms with Crippen LogP contribution in [0.1, 0.15) is 155 Å². The Labute approximate surface area is 382 Å². The number of unbranched alkanes of at least 4 members (excludes halogenated alkanes) is 8. The highest BCUT2D eigenvalue weighted by molar-refractivity contribution is 5.76. The van der Waals surface area contributed by atoms with E-state index in [0.717, 1.165) is 128 Å². The van der Waals surface area contributed by atoms with Gasteiger partial charge < -0.3 is 40.3 Å². The van der Waals surface area contributed by atoms with Gasteiger partial charge in [-0.2, -0.15) is 0 Å². The van der Waals surface area contributed by atoms with Crippen LogP contribution in [0.4, 0.5) is 0 Å². The van der Waals surface area contributed by atoms with Crippen molar-refractivity contribution in [1.82, 2.24) is 5.32 Å². The maximum Gasteiger partial charge on any atom is 0.220 e. The Morgan fingerprint density at radius 1 is 0.556 bits per heavy atom. The molecule has 0 aromatic heterocycles. The molecule has 1 fully saturated rings. The van der Waals surface area contributed by atoms with Gasteiger partial charge in [-0.1, -0.05) is 180 Å². The minimum Gasteiger partial charge on any atom is -0.394 e. The van der Waals surface area contributed by atoms with Gasteiger partial charge in [0, 0.05) is 6.42 Å². The Morgan fingerprint density at radius 3 is 1.43 bits per heavy atom. The monoisotopic (exact) mass is 878 g/mol. The van der Waals surface area contributed by atoms with Crippen molar-refractivity contribution in [2.45, 2.75) is 198 Å². The summed E-state index contributed by atoms with van der Waals surface area (Å²) < 4.78 is 11.1.